The van der Waals surface area contributed by atoms with Crippen molar-refractivity contribution in [2.24, 2.45) is 0 Å². The van der Waals surface area contributed by atoms with Crippen LogP contribution in [0.25, 0.3) is 0 Å². The molecule has 0 saturated carbocycles. The van der Waals surface area contributed by atoms with Crippen LogP contribution >= 0.6 is 22.6 Å². The first kappa shape index (κ1) is 13.9. The van der Waals surface area contributed by atoms with Crippen LogP contribution in [0.4, 0.5) is 0 Å². The summed E-state index contributed by atoms with van der Waals surface area (Å²) in [6.45, 7) is 9.69. The first-order valence-electron chi connectivity index (χ1n) is 6.31. The molecule has 1 saturated heterocycles. The average molecular weight is 354 g/mol. The minimum absolute atomic E-state index is 1.01. The molecule has 0 unspecified atom stereocenters. The number of benzene rings is 1. The van der Waals surface area contributed by atoms with Gasteiger partial charge in [0.2, 0.25) is 0 Å². The molecule has 0 radical (unpaired) electrons. The number of nitrogens with zero attached hydrogens (tertiary/aromatic N) is 1. The Morgan fingerprint density at radius 3 is 2.61 bits per heavy atom. The molecule has 1 fully saturated rings. The summed E-state index contributed by atoms with van der Waals surface area (Å²) in [5.41, 5.74) is 4.96. The number of hydrogen-bond acceptors (Lipinski definition) is 2. The van der Waals surface area contributed by atoms with E-state index < -0.39 is 0 Å². The van der Waals surface area contributed by atoms with Gasteiger partial charge in [-0.05, 0) is 59.2 Å². The van der Waals surface area contributed by atoms with Crippen molar-refractivity contribution in [1.82, 2.24) is 10.2 Å². The second-order valence-electron chi connectivity index (χ2n) is 4.81. The van der Waals surface area contributed by atoms with Gasteiger partial charge < -0.3 is 5.32 Å². The highest BCUT2D eigenvalue weighted by molar-refractivity contribution is 14.1. The Morgan fingerprint density at radius 1 is 1.33 bits per heavy atom. The standard InChI is InChI=1S/C15H19IN2/c1-4-14-11(2)13(9-15(16)12(14)3)10-18-7-5-17-6-8-18/h1,9,17H,5-8,10H2,2-3H3. The normalized spacial score (nSPS) is 16.6. The van der Waals surface area contributed by atoms with Gasteiger partial charge in [-0.2, -0.15) is 0 Å². The van der Waals surface area contributed by atoms with Gasteiger partial charge in [0.1, 0.15) is 0 Å². The van der Waals surface area contributed by atoms with E-state index in [0.29, 0.717) is 0 Å². The molecule has 18 heavy (non-hydrogen) atoms. The predicted molar refractivity (Wildman–Crippen MR) is 84.7 cm³/mol. The second-order valence-corrected chi connectivity index (χ2v) is 5.98. The highest BCUT2D eigenvalue weighted by Gasteiger charge is 2.14. The zero-order valence-electron chi connectivity index (χ0n) is 11.0. The summed E-state index contributed by atoms with van der Waals surface area (Å²) < 4.78 is 1.27. The SMILES string of the molecule is C#Cc1c(C)c(I)cc(CN2CCNCC2)c1C. The summed E-state index contributed by atoms with van der Waals surface area (Å²) in [7, 11) is 0. The lowest BCUT2D eigenvalue weighted by atomic mass is 9.97. The lowest BCUT2D eigenvalue weighted by Crippen LogP contribution is -2.43. The fourth-order valence-corrected chi connectivity index (χ4v) is 3.07. The van der Waals surface area contributed by atoms with Crippen molar-refractivity contribution >= 4 is 22.6 Å². The van der Waals surface area contributed by atoms with Gasteiger partial charge in [-0.15, -0.1) is 6.42 Å². The second kappa shape index (κ2) is 6.05. The number of hydrogen-bond donors (Lipinski definition) is 1. The van der Waals surface area contributed by atoms with Crippen molar-refractivity contribution < 1.29 is 0 Å². The Hall–Kier alpha value is -0.570. The van der Waals surface area contributed by atoms with Crippen LogP contribution in [-0.2, 0) is 6.54 Å². The summed E-state index contributed by atoms with van der Waals surface area (Å²) >= 11 is 2.38. The van der Waals surface area contributed by atoms with Crippen LogP contribution in [0.15, 0.2) is 6.07 Å². The summed E-state index contributed by atoms with van der Waals surface area (Å²) in [5.74, 6) is 2.85. The van der Waals surface area contributed by atoms with E-state index in [1.54, 1.807) is 0 Å². The number of halogens is 1. The van der Waals surface area contributed by atoms with Gasteiger partial charge in [0.15, 0.2) is 0 Å². The summed E-state index contributed by atoms with van der Waals surface area (Å²) in [6.07, 6.45) is 5.65. The predicted octanol–water partition coefficient (Wildman–Crippen LogP) is 2.29. The molecule has 0 atom stereocenters. The Bertz CT molecular complexity index is 482. The number of rotatable bonds is 2. The van der Waals surface area contributed by atoms with Crippen molar-refractivity contribution in [1.29, 1.82) is 0 Å². The summed E-state index contributed by atoms with van der Waals surface area (Å²) in [5, 5.41) is 3.38. The highest BCUT2D eigenvalue weighted by Crippen LogP contribution is 2.24. The van der Waals surface area contributed by atoms with Gasteiger partial charge in [0.25, 0.3) is 0 Å². The van der Waals surface area contributed by atoms with E-state index in [9.17, 15) is 0 Å². The summed E-state index contributed by atoms with van der Waals surface area (Å²) in [6, 6.07) is 2.29. The van der Waals surface area contributed by atoms with E-state index in [-0.39, 0.29) is 0 Å². The van der Waals surface area contributed by atoms with E-state index in [1.165, 1.54) is 20.3 Å². The van der Waals surface area contributed by atoms with Crippen molar-refractivity contribution in [2.75, 3.05) is 26.2 Å². The molecule has 2 rings (SSSR count). The van der Waals surface area contributed by atoms with Crippen LogP contribution in [0.3, 0.4) is 0 Å². The van der Waals surface area contributed by atoms with E-state index in [0.717, 1.165) is 38.3 Å². The van der Waals surface area contributed by atoms with Gasteiger partial charge in [-0.1, -0.05) is 5.92 Å². The van der Waals surface area contributed by atoms with Crippen LogP contribution < -0.4 is 5.32 Å². The van der Waals surface area contributed by atoms with Crippen LogP contribution in [0.2, 0.25) is 0 Å². The van der Waals surface area contributed by atoms with E-state index in [2.05, 4.69) is 58.6 Å². The zero-order valence-corrected chi connectivity index (χ0v) is 13.2. The minimum Gasteiger partial charge on any atom is -0.314 e. The first-order valence-corrected chi connectivity index (χ1v) is 7.39. The molecule has 0 bridgehead atoms. The Labute approximate surface area is 123 Å². The third-order valence-electron chi connectivity index (χ3n) is 3.64. The molecule has 0 amide bonds. The largest absolute Gasteiger partial charge is 0.314 e. The lowest BCUT2D eigenvalue weighted by molar-refractivity contribution is 0.233. The fraction of sp³-hybridized carbons (Fsp3) is 0.467. The van der Waals surface area contributed by atoms with Crippen molar-refractivity contribution in [3.05, 3.63) is 31.9 Å². The molecule has 2 nitrogen and oxygen atoms in total. The first-order chi connectivity index (χ1) is 8.63. The van der Waals surface area contributed by atoms with Crippen molar-refractivity contribution in [3.8, 4) is 12.3 Å². The van der Waals surface area contributed by atoms with Crippen LogP contribution in [0, 0.1) is 29.8 Å². The van der Waals surface area contributed by atoms with E-state index in [4.69, 9.17) is 6.42 Å². The molecular formula is C15H19IN2. The maximum Gasteiger partial charge on any atom is 0.0314 e. The van der Waals surface area contributed by atoms with Gasteiger partial charge in [0, 0.05) is 41.9 Å². The van der Waals surface area contributed by atoms with Crippen molar-refractivity contribution in [3.63, 3.8) is 0 Å². The van der Waals surface area contributed by atoms with Crippen LogP contribution in [-0.4, -0.2) is 31.1 Å². The van der Waals surface area contributed by atoms with Crippen LogP contribution in [0.5, 0.6) is 0 Å². The Balaban J connectivity index is 2.28. The molecular weight excluding hydrogens is 335 g/mol. The number of terminal acetylenes is 1. The molecule has 1 aromatic rings. The highest BCUT2D eigenvalue weighted by atomic mass is 127. The molecule has 1 aromatic carbocycles. The van der Waals surface area contributed by atoms with E-state index >= 15 is 0 Å². The number of nitrogens with one attached hydrogen (secondary N) is 1. The third kappa shape index (κ3) is 2.87. The molecule has 96 valence electrons. The monoisotopic (exact) mass is 354 g/mol. The number of piperazine rings is 1. The maximum atomic E-state index is 5.65. The third-order valence-corrected chi connectivity index (χ3v) is 4.76. The zero-order chi connectivity index (χ0) is 13.1. The molecule has 3 heteroatoms. The molecule has 0 spiro atoms. The smallest absolute Gasteiger partial charge is 0.0314 e. The Morgan fingerprint density at radius 2 is 2.00 bits per heavy atom. The maximum absolute atomic E-state index is 5.65. The van der Waals surface area contributed by atoms with Crippen LogP contribution in [0.1, 0.15) is 22.3 Å². The van der Waals surface area contributed by atoms with Gasteiger partial charge >= 0.3 is 0 Å². The molecule has 0 aliphatic carbocycles. The molecule has 1 heterocycles. The molecule has 1 N–H and O–H groups in total. The lowest BCUT2D eigenvalue weighted by Gasteiger charge is -2.28. The summed E-state index contributed by atoms with van der Waals surface area (Å²) in [4.78, 5) is 2.49. The van der Waals surface area contributed by atoms with Gasteiger partial charge in [0.05, 0.1) is 0 Å². The quantitative estimate of drug-likeness (QED) is 0.648. The van der Waals surface area contributed by atoms with Crippen molar-refractivity contribution in [2.45, 2.75) is 20.4 Å². The molecule has 1 aliphatic heterocycles. The molecule has 0 aromatic heterocycles. The minimum atomic E-state index is 1.01. The Kier molecular flexibility index (Phi) is 4.66. The average Bonchev–Trinajstić information content (AvgIpc) is 2.38. The van der Waals surface area contributed by atoms with Gasteiger partial charge in [-0.25, -0.2) is 0 Å². The fourth-order valence-electron chi connectivity index (χ4n) is 2.42. The topological polar surface area (TPSA) is 15.3 Å². The van der Waals surface area contributed by atoms with E-state index in [1.807, 2.05) is 0 Å². The molecule has 1 aliphatic rings. The van der Waals surface area contributed by atoms with Gasteiger partial charge in [-0.3, -0.25) is 4.90 Å².